The molecule has 1 N–H and O–H groups in total. The molecule has 6 nitrogen and oxygen atoms in total. The second-order valence-corrected chi connectivity index (χ2v) is 2.60. The fourth-order valence-corrected chi connectivity index (χ4v) is 0.903. The van der Waals surface area contributed by atoms with Gasteiger partial charge in [0, 0.05) is 17.7 Å². The Hall–Kier alpha value is -2.33. The number of aromatic nitrogens is 1. The van der Waals surface area contributed by atoms with E-state index in [2.05, 4.69) is 15.0 Å². The molecule has 0 radical (unpaired) electrons. The number of azide groups is 1. The van der Waals surface area contributed by atoms with E-state index in [-0.39, 0.29) is 12.2 Å². The van der Waals surface area contributed by atoms with Crippen molar-refractivity contribution in [2.45, 2.75) is 0 Å². The molecule has 6 heteroatoms. The first kappa shape index (κ1) is 10.7. The molecule has 0 aliphatic carbocycles. The topological polar surface area (TPSA) is 99.0 Å². The predicted octanol–water partition coefficient (Wildman–Crippen LogP) is 2.10. The molecule has 0 atom stereocenters. The lowest BCUT2D eigenvalue weighted by atomic mass is 10.2. The second kappa shape index (κ2) is 5.41. The number of nitrogens with zero attached hydrogens (tertiary/aromatic N) is 4. The minimum Gasteiger partial charge on any atom is -0.477 e. The molecular weight excluding hydrogens is 196 g/mol. The van der Waals surface area contributed by atoms with Crippen molar-refractivity contribution < 1.29 is 9.90 Å². The molecule has 1 aromatic rings. The third-order valence-electron chi connectivity index (χ3n) is 1.57. The standard InChI is InChI=1S/C9H8N4O2/c10-13-12-5-1-2-7-3-4-8(9(14)15)11-6-7/h1-4,6H,5H2,(H,14,15). The highest BCUT2D eigenvalue weighted by Gasteiger charge is 2.01. The van der Waals surface area contributed by atoms with Crippen LogP contribution in [-0.4, -0.2) is 22.6 Å². The molecule has 0 saturated heterocycles. The first-order valence-electron chi connectivity index (χ1n) is 4.11. The van der Waals surface area contributed by atoms with E-state index < -0.39 is 5.97 Å². The number of rotatable bonds is 4. The molecule has 0 aromatic carbocycles. The van der Waals surface area contributed by atoms with Crippen molar-refractivity contribution in [2.75, 3.05) is 6.54 Å². The number of carboxylic acid groups (broad SMARTS) is 1. The Kier molecular flexibility index (Phi) is 3.88. The Morgan fingerprint density at radius 2 is 2.47 bits per heavy atom. The van der Waals surface area contributed by atoms with Crippen LogP contribution in [0.3, 0.4) is 0 Å². The minimum absolute atomic E-state index is 0.00203. The zero-order valence-corrected chi connectivity index (χ0v) is 7.74. The van der Waals surface area contributed by atoms with E-state index in [4.69, 9.17) is 10.6 Å². The normalized spacial score (nSPS) is 9.87. The molecular formula is C9H8N4O2. The van der Waals surface area contributed by atoms with Gasteiger partial charge in [-0.2, -0.15) is 0 Å². The lowest BCUT2D eigenvalue weighted by Crippen LogP contribution is -1.98. The highest BCUT2D eigenvalue weighted by Crippen LogP contribution is 2.02. The molecule has 0 unspecified atom stereocenters. The zero-order chi connectivity index (χ0) is 11.1. The van der Waals surface area contributed by atoms with Crippen molar-refractivity contribution in [3.8, 4) is 0 Å². The summed E-state index contributed by atoms with van der Waals surface area (Å²) in [6, 6.07) is 3.04. The summed E-state index contributed by atoms with van der Waals surface area (Å²) in [5.41, 5.74) is 8.77. The summed E-state index contributed by atoms with van der Waals surface area (Å²) in [5.74, 6) is -1.06. The summed E-state index contributed by atoms with van der Waals surface area (Å²) in [6.45, 7) is 0.261. The number of hydrogen-bond donors (Lipinski definition) is 1. The van der Waals surface area contributed by atoms with Crippen molar-refractivity contribution in [3.63, 3.8) is 0 Å². The molecule has 1 aromatic heterocycles. The van der Waals surface area contributed by atoms with E-state index in [1.54, 1.807) is 18.2 Å². The van der Waals surface area contributed by atoms with Crippen LogP contribution in [0.4, 0.5) is 0 Å². The summed E-state index contributed by atoms with van der Waals surface area (Å²) in [6.07, 6.45) is 4.81. The monoisotopic (exact) mass is 204 g/mol. The van der Waals surface area contributed by atoms with Crippen molar-refractivity contribution >= 4 is 12.0 Å². The van der Waals surface area contributed by atoms with Crippen LogP contribution in [0.1, 0.15) is 16.1 Å². The average molecular weight is 204 g/mol. The van der Waals surface area contributed by atoms with Crippen LogP contribution >= 0.6 is 0 Å². The van der Waals surface area contributed by atoms with Crippen LogP contribution < -0.4 is 0 Å². The van der Waals surface area contributed by atoms with E-state index >= 15 is 0 Å². The van der Waals surface area contributed by atoms with Crippen LogP contribution in [0.15, 0.2) is 29.5 Å². The molecule has 0 amide bonds. The van der Waals surface area contributed by atoms with E-state index in [1.165, 1.54) is 12.3 Å². The Labute approximate surface area is 85.5 Å². The molecule has 1 rings (SSSR count). The molecule has 76 valence electrons. The molecule has 15 heavy (non-hydrogen) atoms. The van der Waals surface area contributed by atoms with Gasteiger partial charge in [-0.25, -0.2) is 9.78 Å². The van der Waals surface area contributed by atoms with Gasteiger partial charge in [-0.15, -0.1) is 0 Å². The molecule has 0 aliphatic heterocycles. The third-order valence-corrected chi connectivity index (χ3v) is 1.57. The Balaban J connectivity index is 2.68. The number of pyridine rings is 1. The van der Waals surface area contributed by atoms with Gasteiger partial charge in [0.15, 0.2) is 0 Å². The number of aromatic carboxylic acids is 1. The first-order valence-corrected chi connectivity index (χ1v) is 4.11. The van der Waals surface area contributed by atoms with E-state index in [1.807, 2.05) is 0 Å². The van der Waals surface area contributed by atoms with Crippen LogP contribution in [-0.2, 0) is 0 Å². The predicted molar refractivity (Wildman–Crippen MR) is 54.2 cm³/mol. The fourth-order valence-electron chi connectivity index (χ4n) is 0.903. The van der Waals surface area contributed by atoms with Gasteiger partial charge < -0.3 is 5.11 Å². The van der Waals surface area contributed by atoms with Crippen molar-refractivity contribution in [2.24, 2.45) is 5.11 Å². The summed E-state index contributed by atoms with van der Waals surface area (Å²) in [5, 5.41) is 11.9. The van der Waals surface area contributed by atoms with E-state index in [9.17, 15) is 4.79 Å². The van der Waals surface area contributed by atoms with Gasteiger partial charge in [-0.1, -0.05) is 23.3 Å². The van der Waals surface area contributed by atoms with Gasteiger partial charge in [0.25, 0.3) is 0 Å². The lowest BCUT2D eigenvalue weighted by Gasteiger charge is -1.94. The highest BCUT2D eigenvalue weighted by atomic mass is 16.4. The van der Waals surface area contributed by atoms with Gasteiger partial charge in [0.05, 0.1) is 0 Å². The van der Waals surface area contributed by atoms with Crippen LogP contribution in [0.25, 0.3) is 16.5 Å². The van der Waals surface area contributed by atoms with Crippen LogP contribution in [0.5, 0.6) is 0 Å². The van der Waals surface area contributed by atoms with E-state index in [0.29, 0.717) is 0 Å². The van der Waals surface area contributed by atoms with Crippen LogP contribution in [0, 0.1) is 0 Å². The minimum atomic E-state index is -1.06. The summed E-state index contributed by atoms with van der Waals surface area (Å²) in [7, 11) is 0. The summed E-state index contributed by atoms with van der Waals surface area (Å²) < 4.78 is 0. The van der Waals surface area contributed by atoms with Crippen molar-refractivity contribution in [1.29, 1.82) is 0 Å². The Morgan fingerprint density at radius 3 is 3.00 bits per heavy atom. The highest BCUT2D eigenvalue weighted by molar-refractivity contribution is 5.85. The SMILES string of the molecule is [N-]=[N+]=NCC=Cc1ccc(C(=O)O)nc1. The maximum Gasteiger partial charge on any atom is 0.354 e. The molecule has 0 fully saturated rings. The third kappa shape index (κ3) is 3.50. The van der Waals surface area contributed by atoms with Gasteiger partial charge >= 0.3 is 5.97 Å². The number of hydrogen-bond acceptors (Lipinski definition) is 3. The largest absolute Gasteiger partial charge is 0.477 e. The molecule has 1 heterocycles. The van der Waals surface area contributed by atoms with Crippen LogP contribution in [0.2, 0.25) is 0 Å². The van der Waals surface area contributed by atoms with Gasteiger partial charge in [0.1, 0.15) is 5.69 Å². The fraction of sp³-hybridized carbons (Fsp3) is 0.111. The quantitative estimate of drug-likeness (QED) is 0.461. The average Bonchev–Trinajstić information content (AvgIpc) is 2.25. The molecule has 0 bridgehead atoms. The first-order chi connectivity index (χ1) is 7.24. The van der Waals surface area contributed by atoms with Crippen molar-refractivity contribution in [3.05, 3.63) is 46.1 Å². The maximum absolute atomic E-state index is 10.5. The maximum atomic E-state index is 10.5. The number of carbonyl (C=O) groups is 1. The van der Waals surface area contributed by atoms with Crippen molar-refractivity contribution in [1.82, 2.24) is 4.98 Å². The lowest BCUT2D eigenvalue weighted by molar-refractivity contribution is 0.0690. The Bertz CT molecular complexity index is 418. The zero-order valence-electron chi connectivity index (χ0n) is 7.74. The molecule has 0 aliphatic rings. The van der Waals surface area contributed by atoms with Gasteiger partial charge in [0.2, 0.25) is 0 Å². The number of carboxylic acids is 1. The molecule has 0 spiro atoms. The summed E-state index contributed by atoms with van der Waals surface area (Å²) >= 11 is 0. The smallest absolute Gasteiger partial charge is 0.354 e. The van der Waals surface area contributed by atoms with Gasteiger partial charge in [-0.05, 0) is 17.2 Å². The second-order valence-electron chi connectivity index (χ2n) is 2.60. The van der Waals surface area contributed by atoms with E-state index in [0.717, 1.165) is 5.56 Å². The molecule has 0 saturated carbocycles. The van der Waals surface area contributed by atoms with Gasteiger partial charge in [-0.3, -0.25) is 0 Å². The summed E-state index contributed by atoms with van der Waals surface area (Å²) in [4.78, 5) is 16.8. The Morgan fingerprint density at radius 1 is 1.67 bits per heavy atom.